The van der Waals surface area contributed by atoms with Crippen molar-refractivity contribution in [3.63, 3.8) is 0 Å². The number of ether oxygens (including phenoxy) is 2. The number of hydrogen-bond acceptors (Lipinski definition) is 6. The zero-order valence-corrected chi connectivity index (χ0v) is 27.3. The summed E-state index contributed by atoms with van der Waals surface area (Å²) < 4.78 is 10.4. The molecule has 41 heavy (non-hydrogen) atoms. The normalized spacial score (nSPS) is 15.8. The smallest absolute Gasteiger partial charge is 0.336 e. The van der Waals surface area contributed by atoms with Gasteiger partial charge in [0.1, 0.15) is 5.84 Å². The molecule has 2 unspecified atom stereocenters. The molecule has 0 spiro atoms. The minimum absolute atomic E-state index is 0.0394. The molecule has 1 fully saturated rings. The zero-order valence-electron chi connectivity index (χ0n) is 27.3. The van der Waals surface area contributed by atoms with Gasteiger partial charge in [0.05, 0.1) is 24.4 Å². The molecule has 0 aliphatic carbocycles. The second-order valence-corrected chi connectivity index (χ2v) is 7.85. The van der Waals surface area contributed by atoms with Gasteiger partial charge >= 0.3 is 5.97 Å². The summed E-state index contributed by atoms with van der Waals surface area (Å²) in [5, 5.41) is 8.62. The molecule has 0 aromatic rings. The van der Waals surface area contributed by atoms with E-state index in [0.29, 0.717) is 24.9 Å². The molecule has 1 heterocycles. The molecule has 0 radical (unpaired) electrons. The number of aldehydes is 1. The van der Waals surface area contributed by atoms with E-state index in [1.807, 2.05) is 41.5 Å². The number of carboxylic acids is 1. The Morgan fingerprint density at radius 3 is 1.90 bits per heavy atom. The summed E-state index contributed by atoms with van der Waals surface area (Å²) in [4.78, 5) is 46.2. The summed E-state index contributed by atoms with van der Waals surface area (Å²) in [6.07, 6.45) is 13.1. The van der Waals surface area contributed by atoms with Crippen LogP contribution in [0.5, 0.6) is 0 Å². The summed E-state index contributed by atoms with van der Waals surface area (Å²) >= 11 is 0. The van der Waals surface area contributed by atoms with E-state index in [1.165, 1.54) is 23.5 Å². The molecule has 0 saturated carbocycles. The van der Waals surface area contributed by atoms with Crippen LogP contribution in [0.1, 0.15) is 81.1 Å². The minimum Gasteiger partial charge on any atom is -0.478 e. The van der Waals surface area contributed by atoms with Crippen LogP contribution in [0.15, 0.2) is 53.1 Å². The Labute approximate surface area is 249 Å². The van der Waals surface area contributed by atoms with Crippen molar-refractivity contribution >= 4 is 30.4 Å². The number of carbonyl (C=O) groups is 4. The maximum Gasteiger partial charge on any atom is 0.336 e. The standard InChI is InChI=1S/C9H10O3.C8H14N2O.C7H14O2.C3H7NO.2C2H6/c1-3-5-8(9(11)12)7(4-2)6-10;1-3-5-7(9)10-8(11)6-4-2;1-6-3-4-7(9-6)5-8-2;1-4(2)3-5;2*1-2/h3-6H,2H2,1H3,(H,11,12);3,5H,4,6H2,1-2H3,(H2,9,10,11);6-7H,3-5H2,1-2H3;3H,1-2H3;2*1-2H3/b5-3-,8-7-;5-3-;;;;. The molecule has 3 N–H and O–H groups in total. The first-order valence-electron chi connectivity index (χ1n) is 13.9. The fraction of sp³-hybridized carbons (Fsp3) is 0.581. The van der Waals surface area contributed by atoms with Gasteiger partial charge in [0.15, 0.2) is 6.29 Å². The molecule has 238 valence electrons. The fourth-order valence-corrected chi connectivity index (χ4v) is 2.49. The first-order chi connectivity index (χ1) is 19.5. The molecule has 2 atom stereocenters. The van der Waals surface area contributed by atoms with Crippen LogP contribution in [0.25, 0.3) is 0 Å². The number of hydrogen-bond donors (Lipinski definition) is 2. The van der Waals surface area contributed by atoms with E-state index >= 15 is 0 Å². The van der Waals surface area contributed by atoms with E-state index in [-0.39, 0.29) is 22.9 Å². The number of methoxy groups -OCH3 is 1. The number of rotatable bonds is 10. The summed E-state index contributed by atoms with van der Waals surface area (Å²) in [6.45, 7) is 19.6. The summed E-state index contributed by atoms with van der Waals surface area (Å²) in [5.41, 5.74) is 5.40. The van der Waals surface area contributed by atoms with E-state index in [4.69, 9.17) is 20.3 Å². The van der Waals surface area contributed by atoms with Crippen LogP contribution in [0.4, 0.5) is 0 Å². The van der Waals surface area contributed by atoms with Crippen LogP contribution in [-0.4, -0.2) is 80.4 Å². The second kappa shape index (κ2) is 36.6. The van der Waals surface area contributed by atoms with Gasteiger partial charge in [0, 0.05) is 33.2 Å². The van der Waals surface area contributed by atoms with Crippen molar-refractivity contribution in [2.75, 3.05) is 27.8 Å². The summed E-state index contributed by atoms with van der Waals surface area (Å²) in [6, 6.07) is 0. The van der Waals surface area contributed by atoms with Gasteiger partial charge in [-0.2, -0.15) is 4.99 Å². The van der Waals surface area contributed by atoms with E-state index in [0.717, 1.165) is 25.9 Å². The highest BCUT2D eigenvalue weighted by Crippen LogP contribution is 2.18. The molecule has 1 aliphatic heterocycles. The first-order valence-corrected chi connectivity index (χ1v) is 13.9. The summed E-state index contributed by atoms with van der Waals surface area (Å²) in [5.74, 6) is -0.996. The number of nitrogens with two attached hydrogens (primary N) is 1. The van der Waals surface area contributed by atoms with E-state index in [1.54, 1.807) is 46.4 Å². The Hall–Kier alpha value is -3.37. The van der Waals surface area contributed by atoms with Gasteiger partial charge in [-0.1, -0.05) is 65.5 Å². The largest absolute Gasteiger partial charge is 0.478 e. The lowest BCUT2D eigenvalue weighted by atomic mass is 10.1. The highest BCUT2D eigenvalue weighted by Gasteiger charge is 2.20. The van der Waals surface area contributed by atoms with Crippen LogP contribution in [0, 0.1) is 0 Å². The molecule has 10 nitrogen and oxygen atoms in total. The third-order valence-corrected chi connectivity index (χ3v) is 4.16. The lowest BCUT2D eigenvalue weighted by Crippen LogP contribution is -2.14. The Kier molecular flexibility index (Phi) is 42.4. The Morgan fingerprint density at radius 2 is 1.61 bits per heavy atom. The molecular weight excluding hydrogens is 526 g/mol. The minimum atomic E-state index is -1.13. The average Bonchev–Trinajstić information content (AvgIpc) is 3.37. The third-order valence-electron chi connectivity index (χ3n) is 4.16. The molecule has 10 heteroatoms. The van der Waals surface area contributed by atoms with Gasteiger partial charge in [-0.05, 0) is 46.1 Å². The van der Waals surface area contributed by atoms with Gasteiger partial charge in [-0.15, -0.1) is 0 Å². The van der Waals surface area contributed by atoms with Gasteiger partial charge in [-0.25, -0.2) is 4.79 Å². The lowest BCUT2D eigenvalue weighted by Gasteiger charge is -2.08. The molecule has 2 amide bonds. The number of aliphatic carboxylic acids is 1. The maximum absolute atomic E-state index is 10.8. The van der Waals surface area contributed by atoms with Crippen molar-refractivity contribution in [3.8, 4) is 0 Å². The second-order valence-electron chi connectivity index (χ2n) is 7.85. The Morgan fingerprint density at radius 1 is 1.10 bits per heavy atom. The van der Waals surface area contributed by atoms with Crippen molar-refractivity contribution in [1.29, 1.82) is 0 Å². The molecular formula is C31H57N3O7. The average molecular weight is 584 g/mol. The quantitative estimate of drug-likeness (QED) is 0.112. The predicted octanol–water partition coefficient (Wildman–Crippen LogP) is 5.53. The number of aliphatic imine (C=N–C) groups is 1. The van der Waals surface area contributed by atoms with Crippen LogP contribution >= 0.6 is 0 Å². The fourth-order valence-electron chi connectivity index (χ4n) is 2.49. The monoisotopic (exact) mass is 583 g/mol. The first kappa shape index (κ1) is 47.4. The molecule has 1 aliphatic rings. The number of amidine groups is 1. The van der Waals surface area contributed by atoms with Gasteiger partial charge in [0.25, 0.3) is 0 Å². The predicted molar refractivity (Wildman–Crippen MR) is 170 cm³/mol. The van der Waals surface area contributed by atoms with E-state index < -0.39 is 5.97 Å². The number of nitrogens with zero attached hydrogens (tertiary/aromatic N) is 2. The number of amides is 2. The molecule has 0 aromatic carbocycles. The van der Waals surface area contributed by atoms with Gasteiger partial charge in [0.2, 0.25) is 12.3 Å². The molecule has 0 aromatic heterocycles. The van der Waals surface area contributed by atoms with Gasteiger partial charge < -0.3 is 25.2 Å². The van der Waals surface area contributed by atoms with Crippen molar-refractivity contribution in [1.82, 2.24) is 4.90 Å². The van der Waals surface area contributed by atoms with Crippen LogP contribution in [0.2, 0.25) is 0 Å². The highest BCUT2D eigenvalue weighted by atomic mass is 16.5. The van der Waals surface area contributed by atoms with Crippen LogP contribution < -0.4 is 5.73 Å². The van der Waals surface area contributed by atoms with Crippen LogP contribution in [0.3, 0.4) is 0 Å². The number of carboxylic acid groups (broad SMARTS) is 1. The van der Waals surface area contributed by atoms with Crippen molar-refractivity contribution < 1.29 is 33.8 Å². The van der Waals surface area contributed by atoms with Crippen molar-refractivity contribution in [2.45, 2.75) is 93.3 Å². The topological polar surface area (TPSA) is 149 Å². The molecule has 1 saturated heterocycles. The van der Waals surface area contributed by atoms with Crippen molar-refractivity contribution in [3.05, 3.63) is 48.1 Å². The molecule has 1 rings (SSSR count). The number of allylic oxidation sites excluding steroid dienone is 4. The van der Waals surface area contributed by atoms with Crippen molar-refractivity contribution in [2.24, 2.45) is 10.7 Å². The summed E-state index contributed by atoms with van der Waals surface area (Å²) in [7, 11) is 5.09. The maximum atomic E-state index is 10.8. The molecule has 0 bridgehead atoms. The highest BCUT2D eigenvalue weighted by molar-refractivity contribution is 6.00. The zero-order chi connectivity index (χ0) is 33.2. The SMILES string of the molecule is C/C=C\C(N)=NC(=O)CCC.C=C/C(C=O)=C(\C=C/C)C(=O)O.CC.CC.CN(C)C=O.COCC1CCC(C)O1. The van der Waals surface area contributed by atoms with E-state index in [2.05, 4.69) is 18.5 Å². The Bertz CT molecular complexity index is 790. The third kappa shape index (κ3) is 34.6. The lowest BCUT2D eigenvalue weighted by molar-refractivity contribution is -0.132. The number of carbonyl (C=O) groups excluding carboxylic acids is 3. The van der Waals surface area contributed by atoms with Gasteiger partial charge in [-0.3, -0.25) is 14.4 Å². The van der Waals surface area contributed by atoms with E-state index in [9.17, 15) is 19.2 Å². The van der Waals surface area contributed by atoms with Crippen LogP contribution in [-0.2, 0) is 28.7 Å². The Balaban J connectivity index is -0.000000139.